The first-order valence-electron chi connectivity index (χ1n) is 7.91. The number of hydrogen-bond acceptors (Lipinski definition) is 4. The largest absolute Gasteiger partial charge is 0.484 e. The van der Waals surface area contributed by atoms with Crippen LogP contribution >= 0.6 is 11.6 Å². The predicted molar refractivity (Wildman–Crippen MR) is 97.7 cm³/mol. The van der Waals surface area contributed by atoms with Crippen molar-refractivity contribution in [2.24, 2.45) is 0 Å². The molecule has 0 heterocycles. The topological polar surface area (TPSA) is 76.1 Å². The second-order valence-corrected chi connectivity index (χ2v) is 6.18. The smallest absolute Gasteiger partial charge is 0.341 e. The number of carboxylic acids is 1. The number of carbonyl (C=O) groups excluding carboxylic acids is 1. The van der Waals surface area contributed by atoms with Crippen molar-refractivity contribution in [1.29, 1.82) is 0 Å². The molecule has 0 aromatic heterocycles. The van der Waals surface area contributed by atoms with Gasteiger partial charge in [0.05, 0.1) is 0 Å². The number of nitrogens with zero attached hydrogens (tertiary/aromatic N) is 1. The minimum atomic E-state index is -1.03. The van der Waals surface area contributed by atoms with Crippen molar-refractivity contribution in [3.63, 3.8) is 0 Å². The molecule has 0 aliphatic heterocycles. The number of aliphatic carboxylic acids is 1. The quantitative estimate of drug-likeness (QED) is 0.764. The van der Waals surface area contributed by atoms with Crippen LogP contribution in [0.15, 0.2) is 42.5 Å². The molecule has 0 bridgehead atoms. The first kappa shape index (κ1) is 19.6. The molecule has 138 valence electrons. The summed E-state index contributed by atoms with van der Waals surface area (Å²) in [4.78, 5) is 24.2. The van der Waals surface area contributed by atoms with Gasteiger partial charge in [-0.1, -0.05) is 23.7 Å². The molecule has 26 heavy (non-hydrogen) atoms. The van der Waals surface area contributed by atoms with Crippen molar-refractivity contribution < 1.29 is 24.2 Å². The second-order valence-electron chi connectivity index (χ2n) is 5.78. The van der Waals surface area contributed by atoms with Gasteiger partial charge in [0.15, 0.2) is 13.2 Å². The fourth-order valence-electron chi connectivity index (χ4n) is 2.16. The number of aryl methyl sites for hydroxylation is 1. The molecule has 0 saturated heterocycles. The predicted octanol–water partition coefficient (Wildman–Crippen LogP) is 3.15. The van der Waals surface area contributed by atoms with E-state index in [2.05, 4.69) is 0 Å². The van der Waals surface area contributed by atoms with Crippen molar-refractivity contribution >= 4 is 23.5 Å². The number of hydrogen-bond donors (Lipinski definition) is 1. The second kappa shape index (κ2) is 9.10. The van der Waals surface area contributed by atoms with Gasteiger partial charge in [-0.2, -0.15) is 0 Å². The van der Waals surface area contributed by atoms with Crippen LogP contribution in [-0.4, -0.2) is 42.1 Å². The van der Waals surface area contributed by atoms with E-state index in [-0.39, 0.29) is 19.1 Å². The minimum absolute atomic E-state index is 0.0720. The van der Waals surface area contributed by atoms with E-state index in [1.54, 1.807) is 54.4 Å². The Morgan fingerprint density at radius 1 is 1.04 bits per heavy atom. The Morgan fingerprint density at radius 2 is 1.65 bits per heavy atom. The van der Waals surface area contributed by atoms with Crippen molar-refractivity contribution in [3.05, 3.63) is 58.6 Å². The third-order valence-corrected chi connectivity index (χ3v) is 4.05. The highest BCUT2D eigenvalue weighted by Crippen LogP contribution is 2.21. The molecular weight excluding hydrogens is 358 g/mol. The van der Waals surface area contributed by atoms with Crippen molar-refractivity contribution in [3.8, 4) is 11.5 Å². The first-order chi connectivity index (χ1) is 12.3. The summed E-state index contributed by atoms with van der Waals surface area (Å²) in [6, 6.07) is 12.1. The van der Waals surface area contributed by atoms with Gasteiger partial charge in [0, 0.05) is 18.6 Å². The van der Waals surface area contributed by atoms with E-state index in [9.17, 15) is 9.59 Å². The number of ether oxygens (including phenoxy) is 2. The van der Waals surface area contributed by atoms with Crippen LogP contribution in [0.5, 0.6) is 11.5 Å². The molecular formula is C19H20ClNO5. The summed E-state index contributed by atoms with van der Waals surface area (Å²) in [5.74, 6) is -0.140. The normalized spacial score (nSPS) is 10.3. The van der Waals surface area contributed by atoms with Crippen molar-refractivity contribution in [2.75, 3.05) is 20.3 Å². The van der Waals surface area contributed by atoms with Crippen molar-refractivity contribution in [2.45, 2.75) is 13.5 Å². The minimum Gasteiger partial charge on any atom is -0.484 e. The fraction of sp³-hybridized carbons (Fsp3) is 0.263. The Bertz CT molecular complexity index is 776. The van der Waals surface area contributed by atoms with Gasteiger partial charge in [0.1, 0.15) is 11.5 Å². The molecule has 0 fully saturated rings. The van der Waals surface area contributed by atoms with Crippen LogP contribution in [0.4, 0.5) is 0 Å². The van der Waals surface area contributed by atoms with Gasteiger partial charge < -0.3 is 19.5 Å². The number of carbonyl (C=O) groups is 2. The van der Waals surface area contributed by atoms with Crippen molar-refractivity contribution in [1.82, 2.24) is 4.90 Å². The SMILES string of the molecule is Cc1cc(OCC(=O)N(C)Cc2ccc(OCC(=O)O)cc2)ccc1Cl. The summed E-state index contributed by atoms with van der Waals surface area (Å²) >= 11 is 5.96. The van der Waals surface area contributed by atoms with E-state index in [1.807, 2.05) is 6.92 Å². The zero-order valence-corrected chi connectivity index (χ0v) is 15.3. The molecule has 7 heteroatoms. The number of halogens is 1. The molecule has 2 aromatic rings. The van der Waals surface area contributed by atoms with E-state index in [4.69, 9.17) is 26.2 Å². The Balaban J connectivity index is 1.84. The van der Waals surface area contributed by atoms with Crippen LogP contribution in [0.2, 0.25) is 5.02 Å². The Kier molecular flexibility index (Phi) is 6.86. The van der Waals surface area contributed by atoms with Gasteiger partial charge in [-0.15, -0.1) is 0 Å². The molecule has 6 nitrogen and oxygen atoms in total. The third kappa shape index (κ3) is 5.97. The van der Waals surface area contributed by atoms with Gasteiger partial charge in [-0.05, 0) is 48.4 Å². The molecule has 2 rings (SSSR count). The Labute approximate surface area is 156 Å². The lowest BCUT2D eigenvalue weighted by Crippen LogP contribution is -2.30. The number of carboxylic acid groups (broad SMARTS) is 1. The molecule has 2 aromatic carbocycles. The molecule has 0 aliphatic rings. The standard InChI is InChI=1S/C19H20ClNO5/c1-13-9-16(7-8-17(13)20)25-11-18(22)21(2)10-14-3-5-15(6-4-14)26-12-19(23)24/h3-9H,10-12H2,1-2H3,(H,23,24). The monoisotopic (exact) mass is 377 g/mol. The zero-order chi connectivity index (χ0) is 19.1. The summed E-state index contributed by atoms with van der Waals surface area (Å²) in [5, 5.41) is 9.23. The van der Waals surface area contributed by atoms with E-state index in [1.165, 1.54) is 0 Å². The lowest BCUT2D eigenvalue weighted by molar-refractivity contribution is -0.139. The van der Waals surface area contributed by atoms with E-state index >= 15 is 0 Å². The molecule has 0 unspecified atom stereocenters. The van der Waals surface area contributed by atoms with E-state index < -0.39 is 5.97 Å². The summed E-state index contributed by atoms with van der Waals surface area (Å²) in [6.45, 7) is 1.81. The summed E-state index contributed by atoms with van der Waals surface area (Å²) < 4.78 is 10.6. The van der Waals surface area contributed by atoms with Crippen LogP contribution in [-0.2, 0) is 16.1 Å². The molecule has 0 saturated carbocycles. The molecule has 0 spiro atoms. The van der Waals surface area contributed by atoms with Crippen LogP contribution < -0.4 is 9.47 Å². The average molecular weight is 378 g/mol. The zero-order valence-electron chi connectivity index (χ0n) is 14.6. The third-order valence-electron chi connectivity index (χ3n) is 3.62. The highest BCUT2D eigenvalue weighted by Gasteiger charge is 2.11. The Morgan fingerprint density at radius 3 is 2.27 bits per heavy atom. The summed E-state index contributed by atoms with van der Waals surface area (Å²) in [5.41, 5.74) is 1.78. The summed E-state index contributed by atoms with van der Waals surface area (Å²) in [7, 11) is 1.69. The van der Waals surface area contributed by atoms with Crippen LogP contribution in [0.3, 0.4) is 0 Å². The van der Waals surface area contributed by atoms with Gasteiger partial charge in [-0.3, -0.25) is 4.79 Å². The fourth-order valence-corrected chi connectivity index (χ4v) is 2.28. The lowest BCUT2D eigenvalue weighted by atomic mass is 10.2. The number of likely N-dealkylation sites (N-methyl/N-ethyl adjacent to an activating group) is 1. The highest BCUT2D eigenvalue weighted by molar-refractivity contribution is 6.31. The number of rotatable bonds is 8. The molecule has 1 amide bonds. The lowest BCUT2D eigenvalue weighted by Gasteiger charge is -2.18. The number of amides is 1. The van der Waals surface area contributed by atoms with Crippen LogP contribution in [0, 0.1) is 6.92 Å². The highest BCUT2D eigenvalue weighted by atomic mass is 35.5. The summed E-state index contributed by atoms with van der Waals surface area (Å²) in [6.07, 6.45) is 0. The molecule has 0 radical (unpaired) electrons. The van der Waals surface area contributed by atoms with Crippen LogP contribution in [0.1, 0.15) is 11.1 Å². The van der Waals surface area contributed by atoms with Gasteiger partial charge in [-0.25, -0.2) is 4.79 Å². The average Bonchev–Trinajstić information content (AvgIpc) is 2.61. The number of benzene rings is 2. The van der Waals surface area contributed by atoms with Crippen LogP contribution in [0.25, 0.3) is 0 Å². The maximum absolute atomic E-state index is 12.2. The maximum Gasteiger partial charge on any atom is 0.341 e. The maximum atomic E-state index is 12.2. The van der Waals surface area contributed by atoms with E-state index in [0.29, 0.717) is 23.1 Å². The first-order valence-corrected chi connectivity index (χ1v) is 8.29. The Hall–Kier alpha value is -2.73. The molecule has 0 aliphatic carbocycles. The van der Waals surface area contributed by atoms with Gasteiger partial charge in [0.2, 0.25) is 0 Å². The van der Waals surface area contributed by atoms with E-state index in [0.717, 1.165) is 11.1 Å². The van der Waals surface area contributed by atoms with Gasteiger partial charge >= 0.3 is 5.97 Å². The van der Waals surface area contributed by atoms with Gasteiger partial charge in [0.25, 0.3) is 5.91 Å². The molecule has 0 atom stereocenters. The molecule has 1 N–H and O–H groups in total.